The Bertz CT molecular complexity index is 1180. The second kappa shape index (κ2) is 9.02. The maximum absolute atomic E-state index is 13.7. The van der Waals surface area contributed by atoms with Crippen molar-refractivity contribution in [1.29, 1.82) is 0 Å². The van der Waals surface area contributed by atoms with Crippen LogP contribution in [0.5, 0.6) is 0 Å². The summed E-state index contributed by atoms with van der Waals surface area (Å²) in [5, 5.41) is 4.37. The van der Waals surface area contributed by atoms with Gasteiger partial charge in [-0.2, -0.15) is 5.10 Å². The van der Waals surface area contributed by atoms with Gasteiger partial charge in [-0.05, 0) is 50.9 Å². The molecule has 0 aliphatic carbocycles. The number of fused-ring (bicyclic) bond motifs is 1. The van der Waals surface area contributed by atoms with Crippen LogP contribution in [0.15, 0.2) is 36.7 Å². The molecule has 2 aliphatic rings. The van der Waals surface area contributed by atoms with Crippen molar-refractivity contribution in [2.75, 3.05) is 18.0 Å². The first-order valence-electron chi connectivity index (χ1n) is 11.7. The summed E-state index contributed by atoms with van der Waals surface area (Å²) in [5.41, 5.74) is 3.94. The minimum absolute atomic E-state index is 0.0248. The third-order valence-electron chi connectivity index (χ3n) is 6.64. The van der Waals surface area contributed by atoms with Crippen molar-refractivity contribution in [3.05, 3.63) is 70.7 Å². The van der Waals surface area contributed by atoms with Gasteiger partial charge in [-0.1, -0.05) is 12.1 Å². The number of hydrogen-bond acceptors (Lipinski definition) is 5. The lowest BCUT2D eigenvalue weighted by atomic mass is 10.0. The van der Waals surface area contributed by atoms with Crippen LogP contribution >= 0.6 is 0 Å². The number of halogens is 1. The van der Waals surface area contributed by atoms with Gasteiger partial charge in [0.1, 0.15) is 17.5 Å². The number of nitrogens with zero attached hydrogens (tertiary/aromatic N) is 6. The van der Waals surface area contributed by atoms with E-state index in [4.69, 9.17) is 9.97 Å². The van der Waals surface area contributed by atoms with Crippen LogP contribution < -0.4 is 4.90 Å². The predicted molar refractivity (Wildman–Crippen MR) is 123 cm³/mol. The molecule has 5 rings (SSSR count). The molecule has 1 atom stereocenters. The van der Waals surface area contributed by atoms with Crippen molar-refractivity contribution in [1.82, 2.24) is 24.6 Å². The number of hydrogen-bond donors (Lipinski definition) is 0. The van der Waals surface area contributed by atoms with Gasteiger partial charge in [0.2, 0.25) is 5.91 Å². The van der Waals surface area contributed by atoms with Crippen molar-refractivity contribution in [2.45, 2.75) is 58.7 Å². The number of anilines is 1. The van der Waals surface area contributed by atoms with Gasteiger partial charge >= 0.3 is 0 Å². The third kappa shape index (κ3) is 4.53. The van der Waals surface area contributed by atoms with E-state index in [0.717, 1.165) is 55.2 Å². The molecule has 172 valence electrons. The van der Waals surface area contributed by atoms with Crippen LogP contribution in [0.25, 0.3) is 0 Å². The predicted octanol–water partition coefficient (Wildman–Crippen LogP) is 3.61. The highest BCUT2D eigenvalue weighted by atomic mass is 19.1. The molecule has 2 aromatic heterocycles. The van der Waals surface area contributed by atoms with Crippen LogP contribution in [0.1, 0.15) is 53.9 Å². The van der Waals surface area contributed by atoms with Gasteiger partial charge in [0, 0.05) is 55.0 Å². The van der Waals surface area contributed by atoms with E-state index in [1.54, 1.807) is 11.0 Å². The molecular formula is C25H29FN6O. The lowest BCUT2D eigenvalue weighted by Crippen LogP contribution is -2.36. The number of likely N-dealkylation sites (tertiary alicyclic amines) is 1. The fourth-order valence-corrected chi connectivity index (χ4v) is 4.87. The van der Waals surface area contributed by atoms with Gasteiger partial charge < -0.3 is 0 Å². The normalized spacial score (nSPS) is 18.7. The molecule has 0 bridgehead atoms. The Balaban J connectivity index is 1.37. The molecule has 3 aromatic rings. The average Bonchev–Trinajstić information content (AvgIpc) is 3.45. The van der Waals surface area contributed by atoms with E-state index in [2.05, 4.69) is 23.1 Å². The van der Waals surface area contributed by atoms with E-state index in [1.807, 2.05) is 23.9 Å². The Labute approximate surface area is 193 Å². The van der Waals surface area contributed by atoms with Gasteiger partial charge in [0.25, 0.3) is 0 Å². The summed E-state index contributed by atoms with van der Waals surface area (Å²) in [6.45, 7) is 8.01. The summed E-state index contributed by atoms with van der Waals surface area (Å²) in [6.07, 6.45) is 6.10. The first-order valence-corrected chi connectivity index (χ1v) is 11.7. The van der Waals surface area contributed by atoms with Gasteiger partial charge in [-0.25, -0.2) is 14.4 Å². The van der Waals surface area contributed by atoms with E-state index < -0.39 is 0 Å². The van der Waals surface area contributed by atoms with Crippen molar-refractivity contribution >= 4 is 11.7 Å². The summed E-state index contributed by atoms with van der Waals surface area (Å²) in [5.74, 6) is 1.45. The van der Waals surface area contributed by atoms with E-state index in [0.29, 0.717) is 25.2 Å². The molecule has 1 aromatic carbocycles. The minimum Gasteiger partial charge on any atom is -0.298 e. The molecule has 2 aliphatic heterocycles. The zero-order valence-electron chi connectivity index (χ0n) is 19.2. The minimum atomic E-state index is -0.299. The molecule has 0 radical (unpaired) electrons. The number of carbonyl (C=O) groups is 1. The summed E-state index contributed by atoms with van der Waals surface area (Å²) >= 11 is 0. The maximum Gasteiger partial charge on any atom is 0.228 e. The second-order valence-electron chi connectivity index (χ2n) is 9.00. The quantitative estimate of drug-likeness (QED) is 0.576. The van der Waals surface area contributed by atoms with Crippen molar-refractivity contribution in [3.8, 4) is 0 Å². The largest absolute Gasteiger partial charge is 0.298 e. The zero-order chi connectivity index (χ0) is 22.9. The first kappa shape index (κ1) is 21.7. The van der Waals surface area contributed by atoms with Gasteiger partial charge in [0.15, 0.2) is 0 Å². The number of carbonyl (C=O) groups excluding carboxylic acids is 1. The summed E-state index contributed by atoms with van der Waals surface area (Å²) in [6, 6.07) is 6.41. The molecule has 0 N–H and O–H groups in total. The lowest BCUT2D eigenvalue weighted by molar-refractivity contribution is -0.119. The number of rotatable bonds is 6. The van der Waals surface area contributed by atoms with Crippen LogP contribution in [0.2, 0.25) is 0 Å². The van der Waals surface area contributed by atoms with Crippen LogP contribution in [-0.2, 0) is 30.8 Å². The number of aryl methyl sites for hydroxylation is 2. The maximum atomic E-state index is 13.7. The molecule has 33 heavy (non-hydrogen) atoms. The van der Waals surface area contributed by atoms with Crippen LogP contribution in [0, 0.1) is 12.7 Å². The average molecular weight is 449 g/mol. The molecule has 4 heterocycles. The molecular weight excluding hydrogens is 419 g/mol. The Morgan fingerprint density at radius 3 is 2.82 bits per heavy atom. The molecule has 1 saturated heterocycles. The molecule has 0 saturated carbocycles. The van der Waals surface area contributed by atoms with Crippen LogP contribution in [0.4, 0.5) is 10.2 Å². The Morgan fingerprint density at radius 1 is 1.15 bits per heavy atom. The highest BCUT2D eigenvalue weighted by Gasteiger charge is 2.32. The van der Waals surface area contributed by atoms with E-state index in [9.17, 15) is 9.18 Å². The Morgan fingerprint density at radius 2 is 2.03 bits per heavy atom. The Kier molecular flexibility index (Phi) is 5.93. The SMILES string of the molecule is CCn1cc(CN2CC[C@@H](c3nc(C)c4c(n3)N(Cc3cccc(F)c3)C(=O)CC4)C2)cn1. The highest BCUT2D eigenvalue weighted by Crippen LogP contribution is 2.33. The fourth-order valence-electron chi connectivity index (χ4n) is 4.87. The lowest BCUT2D eigenvalue weighted by Gasteiger charge is -2.30. The number of benzene rings is 1. The first-order chi connectivity index (χ1) is 16.0. The molecule has 1 fully saturated rings. The van der Waals surface area contributed by atoms with Crippen molar-refractivity contribution in [2.24, 2.45) is 0 Å². The molecule has 0 spiro atoms. The van der Waals surface area contributed by atoms with Gasteiger partial charge in [-0.15, -0.1) is 0 Å². The fraction of sp³-hybridized carbons (Fsp3) is 0.440. The molecule has 8 heteroatoms. The highest BCUT2D eigenvalue weighted by molar-refractivity contribution is 5.95. The molecule has 0 unspecified atom stereocenters. The number of amides is 1. The Hall–Kier alpha value is -3.13. The molecule has 7 nitrogen and oxygen atoms in total. The summed E-state index contributed by atoms with van der Waals surface area (Å²) in [7, 11) is 0. The monoisotopic (exact) mass is 448 g/mol. The van der Waals surface area contributed by atoms with Crippen LogP contribution in [-0.4, -0.2) is 43.6 Å². The van der Waals surface area contributed by atoms with E-state index in [-0.39, 0.29) is 17.6 Å². The summed E-state index contributed by atoms with van der Waals surface area (Å²) in [4.78, 5) is 26.7. The second-order valence-corrected chi connectivity index (χ2v) is 9.00. The van der Waals surface area contributed by atoms with Crippen LogP contribution in [0.3, 0.4) is 0 Å². The topological polar surface area (TPSA) is 67.2 Å². The van der Waals surface area contributed by atoms with Gasteiger partial charge in [0.05, 0.1) is 12.7 Å². The van der Waals surface area contributed by atoms with Crippen molar-refractivity contribution < 1.29 is 9.18 Å². The summed E-state index contributed by atoms with van der Waals surface area (Å²) < 4.78 is 15.7. The van der Waals surface area contributed by atoms with Gasteiger partial charge in [-0.3, -0.25) is 19.3 Å². The standard InChI is InChI=1S/C25H29FN6O/c1-3-31-14-19(12-27-31)13-30-10-9-20(16-30)24-28-17(2)22-7-8-23(33)32(25(22)29-24)15-18-5-4-6-21(26)11-18/h4-6,11-12,14,20H,3,7-10,13,15-16H2,1-2H3/t20-/m1/s1. The van der Waals surface area contributed by atoms with E-state index in [1.165, 1.54) is 17.7 Å². The van der Waals surface area contributed by atoms with E-state index >= 15 is 0 Å². The zero-order valence-corrected chi connectivity index (χ0v) is 19.2. The number of aromatic nitrogens is 4. The molecule has 1 amide bonds. The third-order valence-corrected chi connectivity index (χ3v) is 6.64. The smallest absolute Gasteiger partial charge is 0.228 e. The van der Waals surface area contributed by atoms with Crippen molar-refractivity contribution in [3.63, 3.8) is 0 Å².